The summed E-state index contributed by atoms with van der Waals surface area (Å²) in [5.74, 6) is -1.52. The third-order valence-corrected chi connectivity index (χ3v) is 8.59. The maximum absolute atomic E-state index is 12.7. The molecule has 0 spiro atoms. The molecule has 9 nitrogen and oxygen atoms in total. The van der Waals surface area contributed by atoms with Crippen LogP contribution in [0.25, 0.3) is 0 Å². The Bertz CT molecular complexity index is 1510. The molecule has 2 N–H and O–H groups in total. The number of benzene rings is 3. The standard InChI is InChI=1S/C23H21N3O6S2/c1-15-7-8-18(13-16(15)2)25-33(29,30)19-11-9-17(10-12-19)24-22(27)14-26-23(28)20-5-3-4-6-21(20)34(26,31)32/h3-13,25H,14H2,1-2H3,(H,24,27). The molecule has 0 radical (unpaired) electrons. The molecule has 2 amide bonds. The number of aryl methyl sites for hydroxylation is 2. The maximum atomic E-state index is 12.7. The Morgan fingerprint density at radius 1 is 0.912 bits per heavy atom. The number of hydrogen-bond acceptors (Lipinski definition) is 6. The van der Waals surface area contributed by atoms with E-state index in [0.717, 1.165) is 11.1 Å². The van der Waals surface area contributed by atoms with Gasteiger partial charge in [-0.1, -0.05) is 18.2 Å². The Labute approximate surface area is 197 Å². The molecule has 0 unspecified atom stereocenters. The van der Waals surface area contributed by atoms with Crippen LogP contribution in [0.4, 0.5) is 11.4 Å². The molecule has 176 valence electrons. The smallest absolute Gasteiger partial charge is 0.269 e. The van der Waals surface area contributed by atoms with Gasteiger partial charge in [0.15, 0.2) is 0 Å². The lowest BCUT2D eigenvalue weighted by atomic mass is 10.1. The average Bonchev–Trinajstić information content (AvgIpc) is 2.97. The molecule has 11 heteroatoms. The molecule has 0 saturated heterocycles. The Hall–Kier alpha value is -3.70. The summed E-state index contributed by atoms with van der Waals surface area (Å²) in [6.07, 6.45) is 0. The molecular weight excluding hydrogens is 478 g/mol. The van der Waals surface area contributed by atoms with Gasteiger partial charge >= 0.3 is 0 Å². The Morgan fingerprint density at radius 2 is 1.56 bits per heavy atom. The number of hydrogen-bond donors (Lipinski definition) is 2. The first-order valence-corrected chi connectivity index (χ1v) is 13.1. The van der Waals surface area contributed by atoms with Crippen LogP contribution in [0.5, 0.6) is 0 Å². The van der Waals surface area contributed by atoms with Gasteiger partial charge in [-0.25, -0.2) is 21.1 Å². The fraction of sp³-hybridized carbons (Fsp3) is 0.130. The molecule has 3 aromatic carbocycles. The van der Waals surface area contributed by atoms with E-state index in [9.17, 15) is 26.4 Å². The van der Waals surface area contributed by atoms with Crippen LogP contribution >= 0.6 is 0 Å². The minimum Gasteiger partial charge on any atom is -0.325 e. The van der Waals surface area contributed by atoms with Gasteiger partial charge in [-0.3, -0.25) is 14.3 Å². The number of nitrogens with zero attached hydrogens (tertiary/aromatic N) is 1. The van der Waals surface area contributed by atoms with Gasteiger partial charge in [0.1, 0.15) is 11.4 Å². The van der Waals surface area contributed by atoms with E-state index < -0.39 is 38.4 Å². The molecule has 0 aliphatic carbocycles. The fourth-order valence-corrected chi connectivity index (χ4v) is 6.03. The third-order valence-electron chi connectivity index (χ3n) is 5.41. The van der Waals surface area contributed by atoms with Crippen molar-refractivity contribution in [3.05, 3.63) is 83.4 Å². The van der Waals surface area contributed by atoms with E-state index in [2.05, 4.69) is 10.0 Å². The van der Waals surface area contributed by atoms with Crippen molar-refractivity contribution in [1.82, 2.24) is 4.31 Å². The van der Waals surface area contributed by atoms with E-state index in [1.807, 2.05) is 19.9 Å². The van der Waals surface area contributed by atoms with Crippen molar-refractivity contribution >= 4 is 43.2 Å². The first kappa shape index (κ1) is 23.5. The molecular formula is C23H21N3O6S2. The summed E-state index contributed by atoms with van der Waals surface area (Å²) in [6.45, 7) is 3.10. The van der Waals surface area contributed by atoms with Gasteiger partial charge in [-0.2, -0.15) is 0 Å². The number of fused-ring (bicyclic) bond motifs is 1. The van der Waals surface area contributed by atoms with Crippen LogP contribution in [0.15, 0.2) is 76.5 Å². The second-order valence-electron chi connectivity index (χ2n) is 7.79. The summed E-state index contributed by atoms with van der Waals surface area (Å²) in [5, 5.41) is 2.48. The molecule has 0 aromatic heterocycles. The minimum atomic E-state index is -4.11. The van der Waals surface area contributed by atoms with Crippen LogP contribution < -0.4 is 10.0 Å². The topological polar surface area (TPSA) is 130 Å². The van der Waals surface area contributed by atoms with Gasteiger partial charge in [-0.15, -0.1) is 0 Å². The van der Waals surface area contributed by atoms with E-state index in [-0.39, 0.29) is 21.0 Å². The number of sulfonamides is 2. The normalized spacial score (nSPS) is 14.5. The maximum Gasteiger partial charge on any atom is 0.269 e. The van der Waals surface area contributed by atoms with E-state index >= 15 is 0 Å². The molecule has 0 saturated carbocycles. The lowest BCUT2D eigenvalue weighted by Crippen LogP contribution is -2.37. The lowest BCUT2D eigenvalue weighted by Gasteiger charge is -2.15. The highest BCUT2D eigenvalue weighted by Crippen LogP contribution is 2.29. The third kappa shape index (κ3) is 4.39. The van der Waals surface area contributed by atoms with Crippen LogP contribution in [0.2, 0.25) is 0 Å². The number of carbonyl (C=O) groups excluding carboxylic acids is 2. The fourth-order valence-electron chi connectivity index (χ4n) is 3.45. The SMILES string of the molecule is Cc1ccc(NS(=O)(=O)c2ccc(NC(=O)CN3C(=O)c4ccccc4S3(=O)=O)cc2)cc1C. The van der Waals surface area contributed by atoms with Crippen LogP contribution in [0.1, 0.15) is 21.5 Å². The number of carbonyl (C=O) groups is 2. The van der Waals surface area contributed by atoms with Crippen molar-refractivity contribution in [1.29, 1.82) is 0 Å². The highest BCUT2D eigenvalue weighted by atomic mass is 32.2. The molecule has 34 heavy (non-hydrogen) atoms. The molecule has 3 aromatic rings. The van der Waals surface area contributed by atoms with E-state index in [1.54, 1.807) is 18.2 Å². The summed E-state index contributed by atoms with van der Waals surface area (Å²) in [5.41, 5.74) is 2.67. The highest BCUT2D eigenvalue weighted by Gasteiger charge is 2.41. The van der Waals surface area contributed by atoms with Crippen LogP contribution in [0, 0.1) is 13.8 Å². The highest BCUT2D eigenvalue weighted by molar-refractivity contribution is 7.92. The number of nitrogens with one attached hydrogen (secondary N) is 2. The molecule has 0 bridgehead atoms. The van der Waals surface area contributed by atoms with Crippen LogP contribution in [-0.2, 0) is 24.8 Å². The van der Waals surface area contributed by atoms with Crippen molar-refractivity contribution in [2.75, 3.05) is 16.6 Å². The molecule has 1 aliphatic heterocycles. The van der Waals surface area contributed by atoms with Gasteiger partial charge < -0.3 is 5.32 Å². The molecule has 0 atom stereocenters. The number of rotatable bonds is 6. The summed E-state index contributed by atoms with van der Waals surface area (Å²) >= 11 is 0. The van der Waals surface area contributed by atoms with Gasteiger partial charge in [-0.05, 0) is 73.5 Å². The predicted molar refractivity (Wildman–Crippen MR) is 126 cm³/mol. The van der Waals surface area contributed by atoms with Crippen molar-refractivity contribution < 1.29 is 26.4 Å². The Morgan fingerprint density at radius 3 is 2.21 bits per heavy atom. The molecule has 4 rings (SSSR count). The summed E-state index contributed by atoms with van der Waals surface area (Å²) < 4.78 is 53.5. The Kier molecular flexibility index (Phi) is 5.92. The van der Waals surface area contributed by atoms with Crippen molar-refractivity contribution in [3.8, 4) is 0 Å². The van der Waals surface area contributed by atoms with Crippen molar-refractivity contribution in [2.45, 2.75) is 23.6 Å². The van der Waals surface area contributed by atoms with Gasteiger partial charge in [0.25, 0.3) is 26.0 Å². The minimum absolute atomic E-state index is 0.0149. The zero-order valence-electron chi connectivity index (χ0n) is 18.3. The van der Waals surface area contributed by atoms with Gasteiger partial charge in [0.2, 0.25) is 5.91 Å². The van der Waals surface area contributed by atoms with Crippen molar-refractivity contribution in [3.63, 3.8) is 0 Å². The first-order chi connectivity index (χ1) is 16.0. The Balaban J connectivity index is 1.44. The largest absolute Gasteiger partial charge is 0.325 e. The zero-order valence-corrected chi connectivity index (χ0v) is 19.9. The van der Waals surface area contributed by atoms with Gasteiger partial charge in [0.05, 0.1) is 10.5 Å². The van der Waals surface area contributed by atoms with Gasteiger partial charge in [0, 0.05) is 11.4 Å². The quantitative estimate of drug-likeness (QED) is 0.536. The van der Waals surface area contributed by atoms with Crippen LogP contribution in [0.3, 0.4) is 0 Å². The van der Waals surface area contributed by atoms with E-state index in [4.69, 9.17) is 0 Å². The summed E-state index contributed by atoms with van der Waals surface area (Å²) in [4.78, 5) is 24.7. The van der Waals surface area contributed by atoms with E-state index in [1.165, 1.54) is 42.5 Å². The summed E-state index contributed by atoms with van der Waals surface area (Å²) in [7, 11) is -7.96. The molecule has 1 heterocycles. The number of anilines is 2. The molecule has 1 aliphatic rings. The predicted octanol–water partition coefficient (Wildman–Crippen LogP) is 2.89. The first-order valence-electron chi connectivity index (χ1n) is 10.2. The van der Waals surface area contributed by atoms with Crippen molar-refractivity contribution in [2.24, 2.45) is 0 Å². The monoisotopic (exact) mass is 499 g/mol. The molecule has 0 fully saturated rings. The van der Waals surface area contributed by atoms with Crippen LogP contribution in [-0.4, -0.2) is 39.5 Å². The average molecular weight is 500 g/mol. The second-order valence-corrected chi connectivity index (χ2v) is 11.3. The second kappa shape index (κ2) is 8.58. The zero-order chi connectivity index (χ0) is 24.7. The summed E-state index contributed by atoms with van der Waals surface area (Å²) in [6, 6.07) is 16.3. The van der Waals surface area contributed by atoms with E-state index in [0.29, 0.717) is 9.99 Å². The number of amides is 2. The lowest BCUT2D eigenvalue weighted by molar-refractivity contribution is -0.116.